The van der Waals surface area contributed by atoms with Crippen LogP contribution in [0.3, 0.4) is 0 Å². The second kappa shape index (κ2) is 18.7. The molecule has 2 aliphatic carbocycles. The Kier molecular flexibility index (Phi) is 13.9. The molecule has 0 saturated heterocycles. The van der Waals surface area contributed by atoms with E-state index in [0.29, 0.717) is 51.6 Å². The molecule has 2 saturated carbocycles. The molecule has 2 fully saturated rings. The summed E-state index contributed by atoms with van der Waals surface area (Å²) in [6, 6.07) is 18.6. The van der Waals surface area contributed by atoms with Crippen molar-refractivity contribution in [2.45, 2.75) is 109 Å². The number of anilines is 1. The number of halogens is 6. The molecule has 2 aromatic carbocycles. The van der Waals surface area contributed by atoms with Crippen LogP contribution in [0.25, 0.3) is 21.1 Å². The number of carbonyl (C=O) groups excluding carboxylic acids is 2. The number of nitrogens with zero attached hydrogens (tertiary/aromatic N) is 3. The van der Waals surface area contributed by atoms with Crippen molar-refractivity contribution in [2.75, 3.05) is 5.73 Å². The molecule has 18 nitrogen and oxygen atoms in total. The van der Waals surface area contributed by atoms with Gasteiger partial charge in [-0.15, -0.1) is 22.7 Å². The molecule has 0 amide bonds. The van der Waals surface area contributed by atoms with E-state index in [4.69, 9.17) is 15.2 Å². The van der Waals surface area contributed by atoms with Crippen molar-refractivity contribution in [3.8, 4) is 21.1 Å². The molecular formula is C44H42F6N6O12S4. The summed E-state index contributed by atoms with van der Waals surface area (Å²) in [6.45, 7) is 9.83. The van der Waals surface area contributed by atoms with Crippen molar-refractivity contribution in [3.63, 3.8) is 0 Å². The van der Waals surface area contributed by atoms with Crippen LogP contribution in [0.4, 0.5) is 37.7 Å². The number of nitro benzene ring substituents is 1. The summed E-state index contributed by atoms with van der Waals surface area (Å²) >= 11 is 1.33. The zero-order valence-electron chi connectivity index (χ0n) is 38.4. The van der Waals surface area contributed by atoms with Crippen molar-refractivity contribution in [1.82, 2.24) is 19.8 Å². The number of aromatic nitrogens is 2. The van der Waals surface area contributed by atoms with Crippen LogP contribution >= 0.6 is 22.7 Å². The van der Waals surface area contributed by atoms with E-state index in [1.54, 1.807) is 71.9 Å². The lowest BCUT2D eigenvalue weighted by atomic mass is 10.1. The molecule has 386 valence electrons. The van der Waals surface area contributed by atoms with E-state index < -0.39 is 94.9 Å². The maximum Gasteiger partial charge on any atom is 0.452 e. The van der Waals surface area contributed by atoms with Gasteiger partial charge in [0.1, 0.15) is 42.1 Å². The van der Waals surface area contributed by atoms with Gasteiger partial charge in [0, 0.05) is 41.8 Å². The molecule has 4 unspecified atom stereocenters. The molecule has 4 heterocycles. The van der Waals surface area contributed by atoms with Crippen LogP contribution < -0.4 is 15.2 Å². The van der Waals surface area contributed by atoms with E-state index in [1.165, 1.54) is 36.4 Å². The van der Waals surface area contributed by atoms with Crippen LogP contribution in [0.15, 0.2) is 102 Å². The first-order chi connectivity index (χ1) is 33.1. The Labute approximate surface area is 414 Å². The first-order valence-electron chi connectivity index (χ1n) is 21.1. The number of thiophene rings is 2. The number of nitrogens with one attached hydrogen (secondary N) is 2. The summed E-state index contributed by atoms with van der Waals surface area (Å²) in [7, 11) is -8.64. The molecule has 0 aliphatic heterocycles. The lowest BCUT2D eigenvalue weighted by Crippen LogP contribution is -2.47. The van der Waals surface area contributed by atoms with Crippen LogP contribution in [-0.4, -0.2) is 66.3 Å². The molecular weight excluding hydrogens is 1050 g/mol. The maximum atomic E-state index is 13.3. The summed E-state index contributed by atoms with van der Waals surface area (Å²) in [6.07, 6.45) is -9.34. The third-order valence-corrected chi connectivity index (χ3v) is 16.9. The monoisotopic (exact) mass is 1090 g/mol. The van der Waals surface area contributed by atoms with E-state index >= 15 is 0 Å². The zero-order chi connectivity index (χ0) is 53.2. The molecule has 0 bridgehead atoms. The van der Waals surface area contributed by atoms with Gasteiger partial charge < -0.3 is 24.3 Å². The normalized spacial score (nSPS) is 20.3. The van der Waals surface area contributed by atoms with Gasteiger partial charge in [-0.05, 0) is 102 Å². The molecule has 0 radical (unpaired) electrons. The molecule has 0 spiro atoms. The minimum absolute atomic E-state index is 0.0151. The van der Waals surface area contributed by atoms with Gasteiger partial charge in [-0.1, -0.05) is 34.6 Å². The number of nitrogen functional groups attached to an aromatic ring is 1. The predicted octanol–water partition coefficient (Wildman–Crippen LogP) is 9.43. The lowest BCUT2D eigenvalue weighted by Gasteiger charge is -2.25. The third kappa shape index (κ3) is 11.8. The van der Waals surface area contributed by atoms with Crippen LogP contribution in [0.1, 0.15) is 88.9 Å². The fourth-order valence-corrected chi connectivity index (χ4v) is 12.6. The van der Waals surface area contributed by atoms with E-state index in [2.05, 4.69) is 28.8 Å². The number of esters is 2. The number of sulfonamides is 2. The Morgan fingerprint density at radius 3 is 1.44 bits per heavy atom. The average molecular weight is 1090 g/mol. The highest BCUT2D eigenvalue weighted by Crippen LogP contribution is 2.55. The van der Waals surface area contributed by atoms with E-state index in [0.717, 1.165) is 6.07 Å². The summed E-state index contributed by atoms with van der Waals surface area (Å²) < 4.78 is 154. The van der Waals surface area contributed by atoms with Gasteiger partial charge in [-0.2, -0.15) is 35.8 Å². The van der Waals surface area contributed by atoms with Gasteiger partial charge >= 0.3 is 24.3 Å². The number of benzene rings is 2. The van der Waals surface area contributed by atoms with Gasteiger partial charge in [0.25, 0.3) is 25.7 Å². The largest absolute Gasteiger partial charge is 0.459 e. The maximum absolute atomic E-state index is 13.3. The van der Waals surface area contributed by atoms with Crippen LogP contribution in [0.5, 0.6) is 0 Å². The topological polar surface area (TPSA) is 266 Å². The lowest BCUT2D eigenvalue weighted by molar-refractivity contribution is -0.384. The van der Waals surface area contributed by atoms with Crippen molar-refractivity contribution in [2.24, 2.45) is 0 Å². The molecule has 4 aromatic heterocycles. The van der Waals surface area contributed by atoms with Crippen molar-refractivity contribution < 1.29 is 76.2 Å². The van der Waals surface area contributed by atoms with Crippen molar-refractivity contribution in [1.29, 1.82) is 0 Å². The minimum Gasteiger partial charge on any atom is -0.459 e. The Balaban J connectivity index is 0.000000212. The van der Waals surface area contributed by atoms with Crippen molar-refractivity contribution in [3.05, 3.63) is 118 Å². The number of hydrogen-bond donors (Lipinski definition) is 3. The number of non-ortho nitro benzene ring substituents is 1. The van der Waals surface area contributed by atoms with Crippen LogP contribution in [0.2, 0.25) is 0 Å². The first kappa shape index (κ1) is 53.6. The fourth-order valence-electron chi connectivity index (χ4n) is 7.29. The second-order valence-electron chi connectivity index (χ2n) is 18.6. The Hall–Kier alpha value is -6.20. The number of carbonyl (C=O) groups is 2. The van der Waals surface area contributed by atoms with Crippen LogP contribution in [-0.2, 0) is 51.5 Å². The first-order valence-corrected chi connectivity index (χ1v) is 25.7. The molecule has 8 rings (SSSR count). The molecule has 2 aliphatic rings. The summed E-state index contributed by atoms with van der Waals surface area (Å²) in [4.78, 5) is 37.1. The fraction of sp³-hybridized carbons (Fsp3) is 0.364. The number of nitro groups is 1. The van der Waals surface area contributed by atoms with Gasteiger partial charge in [0.15, 0.2) is 0 Å². The Morgan fingerprint density at radius 2 is 1.08 bits per heavy atom. The summed E-state index contributed by atoms with van der Waals surface area (Å²) in [5.74, 6) is -5.48. The number of alkyl halides is 6. The highest BCUT2D eigenvalue weighted by molar-refractivity contribution is 7.92. The predicted molar refractivity (Wildman–Crippen MR) is 246 cm³/mol. The molecule has 4 atom stereocenters. The number of rotatable bonds is 13. The average Bonchev–Trinajstić information content (AvgIpc) is 3.71. The summed E-state index contributed by atoms with van der Waals surface area (Å²) in [5, 5.41) is 17.9. The molecule has 4 N–H and O–H groups in total. The van der Waals surface area contributed by atoms with Crippen molar-refractivity contribution >= 4 is 66.0 Å². The molecule has 28 heteroatoms. The minimum atomic E-state index is -4.76. The van der Waals surface area contributed by atoms with Gasteiger partial charge in [0.05, 0.1) is 14.7 Å². The third-order valence-electron chi connectivity index (χ3n) is 10.7. The number of ether oxygens (including phenoxy) is 2. The highest BCUT2D eigenvalue weighted by Gasteiger charge is 2.66. The number of hydrogen-bond acceptors (Lipinski definition) is 17. The molecule has 72 heavy (non-hydrogen) atoms. The van der Waals surface area contributed by atoms with Gasteiger partial charge in [-0.3, -0.25) is 10.1 Å². The Morgan fingerprint density at radius 1 is 0.681 bits per heavy atom. The van der Waals surface area contributed by atoms with E-state index in [1.807, 2.05) is 0 Å². The smallest absolute Gasteiger partial charge is 0.452 e. The van der Waals surface area contributed by atoms with Gasteiger partial charge in [-0.25, -0.2) is 26.4 Å². The summed E-state index contributed by atoms with van der Waals surface area (Å²) in [5.41, 5.74) is 1.67. The van der Waals surface area contributed by atoms with E-state index in [-0.39, 0.29) is 48.1 Å². The van der Waals surface area contributed by atoms with E-state index in [9.17, 15) is 62.9 Å². The van der Waals surface area contributed by atoms with Gasteiger partial charge in [0.2, 0.25) is 11.5 Å². The second-order valence-corrected chi connectivity index (χ2v) is 24.6. The zero-order valence-corrected chi connectivity index (χ0v) is 41.6. The van der Waals surface area contributed by atoms with Crippen LogP contribution in [0, 0.1) is 10.1 Å². The SMILES string of the molecule is CC(C)(C)OC(=O)C1(NS(=O)(=O)c2ccc(-c3cc(C(F)(F)F)on3)s2)CC1c1cccc(N)c1.CC(C)(C)OC(=O)C1(NS(=O)(=O)c2ccc(-c3cc(C(F)(F)F)on3)s2)CC1c1cccc([N+](=O)[O-])c1. The standard InChI is InChI=1S/C22H20F3N3O7S2.C22H22F3N3O5S2/c1-20(2,3)34-19(29)21(11-14(21)12-5-4-6-13(9-12)28(30)31)27-37(32,33)18-8-7-16(36-18)15-10-17(35-26-15)22(23,24)25;1-20(2,3)32-19(29)21(11-14(21)12-5-4-6-13(26)9-12)28-35(30,31)18-8-7-16(34-18)15-10-17(33-27-15)22(23,24)25/h4-10,14,27H,11H2,1-3H3;4-10,14,28H,11,26H2,1-3H3. The number of nitrogens with two attached hydrogens (primary N) is 1. The Bertz CT molecular complexity index is 3280. The highest BCUT2D eigenvalue weighted by atomic mass is 32.3. The quantitative estimate of drug-likeness (QED) is 0.0320. The molecule has 6 aromatic rings.